The van der Waals surface area contributed by atoms with Crippen LogP contribution >= 0.6 is 0 Å². The number of anilines is 2. The summed E-state index contributed by atoms with van der Waals surface area (Å²) in [5.41, 5.74) is 1.08. The zero-order valence-corrected chi connectivity index (χ0v) is 13.8. The van der Waals surface area contributed by atoms with Gasteiger partial charge in [0.15, 0.2) is 0 Å². The van der Waals surface area contributed by atoms with Crippen LogP contribution < -0.4 is 10.2 Å². The summed E-state index contributed by atoms with van der Waals surface area (Å²) in [5.74, 6) is 2.02. The maximum absolute atomic E-state index is 11.6. The highest BCUT2D eigenvalue weighted by Gasteiger charge is 2.26. The summed E-state index contributed by atoms with van der Waals surface area (Å²) in [5, 5.41) is 3.11. The van der Waals surface area contributed by atoms with Gasteiger partial charge in [0.2, 0.25) is 10.0 Å². The van der Waals surface area contributed by atoms with E-state index in [0.717, 1.165) is 17.2 Å². The smallest absolute Gasteiger partial charge is 0.211 e. The molecule has 1 saturated heterocycles. The van der Waals surface area contributed by atoms with Crippen LogP contribution in [0.1, 0.15) is 25.3 Å². The molecule has 118 valence electrons. The molecule has 2 rings (SSSR count). The summed E-state index contributed by atoms with van der Waals surface area (Å²) in [7, 11) is -1.26. The fourth-order valence-corrected chi connectivity index (χ4v) is 3.43. The van der Waals surface area contributed by atoms with Crippen LogP contribution in [0.2, 0.25) is 0 Å². The lowest BCUT2D eigenvalue weighted by Gasteiger charge is -2.35. The summed E-state index contributed by atoms with van der Waals surface area (Å²) in [6.45, 7) is 6.50. The van der Waals surface area contributed by atoms with Gasteiger partial charge in [-0.2, -0.15) is 4.31 Å². The highest BCUT2D eigenvalue weighted by atomic mass is 32.2. The molecule has 1 aliphatic rings. The predicted octanol–water partition coefficient (Wildman–Crippen LogP) is 0.723. The van der Waals surface area contributed by atoms with Gasteiger partial charge in [-0.15, -0.1) is 0 Å². The van der Waals surface area contributed by atoms with E-state index in [0.29, 0.717) is 26.2 Å². The molecule has 8 heteroatoms. The number of nitrogens with one attached hydrogen (secondary N) is 1. The average molecular weight is 313 g/mol. The van der Waals surface area contributed by atoms with Gasteiger partial charge in [0.05, 0.1) is 6.26 Å². The van der Waals surface area contributed by atoms with E-state index in [1.165, 1.54) is 10.6 Å². The van der Waals surface area contributed by atoms with Crippen LogP contribution in [0.15, 0.2) is 6.33 Å². The third-order valence-electron chi connectivity index (χ3n) is 3.68. The van der Waals surface area contributed by atoms with Crippen LogP contribution in [0.4, 0.5) is 11.6 Å². The van der Waals surface area contributed by atoms with Gasteiger partial charge >= 0.3 is 0 Å². The quantitative estimate of drug-likeness (QED) is 0.882. The fraction of sp³-hybridized carbons (Fsp3) is 0.692. The third kappa shape index (κ3) is 3.44. The SMILES string of the molecule is CNc1ncnc(N2CCN(S(C)(=O)=O)CC2)c1C(C)C. The molecule has 1 aliphatic heterocycles. The van der Waals surface area contributed by atoms with Crippen molar-refractivity contribution in [1.82, 2.24) is 14.3 Å². The van der Waals surface area contributed by atoms with Gasteiger partial charge in [0.25, 0.3) is 0 Å². The number of hydrogen-bond donors (Lipinski definition) is 1. The van der Waals surface area contributed by atoms with E-state index in [1.807, 2.05) is 7.05 Å². The molecule has 1 N–H and O–H groups in total. The molecule has 0 amide bonds. The molecular formula is C13H23N5O2S. The van der Waals surface area contributed by atoms with Crippen LogP contribution in [0.3, 0.4) is 0 Å². The zero-order valence-electron chi connectivity index (χ0n) is 13.0. The highest BCUT2D eigenvalue weighted by Crippen LogP contribution is 2.31. The number of hydrogen-bond acceptors (Lipinski definition) is 6. The van der Waals surface area contributed by atoms with Crippen LogP contribution in [0.5, 0.6) is 0 Å². The Morgan fingerprint density at radius 2 is 1.81 bits per heavy atom. The minimum Gasteiger partial charge on any atom is -0.373 e. The van der Waals surface area contributed by atoms with E-state index < -0.39 is 10.0 Å². The Balaban J connectivity index is 2.25. The van der Waals surface area contributed by atoms with Crippen molar-refractivity contribution in [3.05, 3.63) is 11.9 Å². The van der Waals surface area contributed by atoms with E-state index in [4.69, 9.17) is 0 Å². The summed E-state index contributed by atoms with van der Waals surface area (Å²) < 4.78 is 24.7. The van der Waals surface area contributed by atoms with E-state index in [-0.39, 0.29) is 5.92 Å². The van der Waals surface area contributed by atoms with Gasteiger partial charge in [0.1, 0.15) is 18.0 Å². The summed E-state index contributed by atoms with van der Waals surface area (Å²) >= 11 is 0. The largest absolute Gasteiger partial charge is 0.373 e. The van der Waals surface area contributed by atoms with Crippen molar-refractivity contribution < 1.29 is 8.42 Å². The van der Waals surface area contributed by atoms with E-state index in [1.54, 1.807) is 6.33 Å². The second-order valence-electron chi connectivity index (χ2n) is 5.51. The molecule has 0 aliphatic carbocycles. The van der Waals surface area contributed by atoms with Crippen molar-refractivity contribution in [1.29, 1.82) is 0 Å². The summed E-state index contributed by atoms with van der Waals surface area (Å²) in [6.07, 6.45) is 2.81. The molecule has 0 spiro atoms. The maximum Gasteiger partial charge on any atom is 0.211 e. The van der Waals surface area contributed by atoms with Crippen LogP contribution in [-0.2, 0) is 10.0 Å². The highest BCUT2D eigenvalue weighted by molar-refractivity contribution is 7.88. The Bertz CT molecular complexity index is 595. The molecule has 0 radical (unpaired) electrons. The lowest BCUT2D eigenvalue weighted by Crippen LogP contribution is -2.49. The van der Waals surface area contributed by atoms with Crippen molar-refractivity contribution in [3.63, 3.8) is 0 Å². The van der Waals surface area contributed by atoms with Crippen LogP contribution in [-0.4, -0.2) is 62.2 Å². The van der Waals surface area contributed by atoms with Gasteiger partial charge in [-0.25, -0.2) is 18.4 Å². The molecule has 1 fully saturated rings. The topological polar surface area (TPSA) is 78.4 Å². The van der Waals surface area contributed by atoms with E-state index in [9.17, 15) is 8.42 Å². The first-order valence-corrected chi connectivity index (χ1v) is 8.92. The molecule has 0 aromatic carbocycles. The van der Waals surface area contributed by atoms with Crippen molar-refractivity contribution in [3.8, 4) is 0 Å². The van der Waals surface area contributed by atoms with Crippen molar-refractivity contribution in [2.45, 2.75) is 19.8 Å². The van der Waals surface area contributed by atoms with Crippen molar-refractivity contribution >= 4 is 21.7 Å². The second-order valence-corrected chi connectivity index (χ2v) is 7.50. The zero-order chi connectivity index (χ0) is 15.6. The first-order valence-electron chi connectivity index (χ1n) is 7.07. The number of sulfonamides is 1. The molecule has 0 saturated carbocycles. The normalized spacial score (nSPS) is 17.3. The van der Waals surface area contributed by atoms with Gasteiger partial charge in [-0.1, -0.05) is 13.8 Å². The monoisotopic (exact) mass is 313 g/mol. The predicted molar refractivity (Wildman–Crippen MR) is 84.3 cm³/mol. The lowest BCUT2D eigenvalue weighted by atomic mass is 10.0. The molecule has 0 unspecified atom stereocenters. The number of piperazine rings is 1. The average Bonchev–Trinajstić information content (AvgIpc) is 2.45. The third-order valence-corrected chi connectivity index (χ3v) is 4.99. The van der Waals surface area contributed by atoms with E-state index >= 15 is 0 Å². The molecule has 1 aromatic rings. The number of aromatic nitrogens is 2. The molecule has 0 bridgehead atoms. The Labute approximate surface area is 126 Å². The molecule has 1 aromatic heterocycles. The molecule has 7 nitrogen and oxygen atoms in total. The van der Waals surface area contributed by atoms with Gasteiger partial charge in [-0.3, -0.25) is 0 Å². The summed E-state index contributed by atoms with van der Waals surface area (Å²) in [6, 6.07) is 0. The number of rotatable bonds is 4. The Hall–Kier alpha value is -1.41. The van der Waals surface area contributed by atoms with Gasteiger partial charge in [0, 0.05) is 38.8 Å². The molecule has 2 heterocycles. The summed E-state index contributed by atoms with van der Waals surface area (Å²) in [4.78, 5) is 10.8. The lowest BCUT2D eigenvalue weighted by molar-refractivity contribution is 0.386. The van der Waals surface area contributed by atoms with Crippen LogP contribution in [0, 0.1) is 0 Å². The molecular weight excluding hydrogens is 290 g/mol. The molecule has 0 atom stereocenters. The minimum absolute atomic E-state index is 0.289. The van der Waals surface area contributed by atoms with Gasteiger partial charge in [-0.05, 0) is 5.92 Å². The Morgan fingerprint density at radius 1 is 1.19 bits per heavy atom. The standard InChI is InChI=1S/C13H23N5O2S/c1-10(2)11-12(14-3)15-9-16-13(11)17-5-7-18(8-6-17)21(4,19)20/h9-10H,5-8H2,1-4H3,(H,14,15,16). The minimum atomic E-state index is -3.11. The Kier molecular flexibility index (Phi) is 4.67. The maximum atomic E-state index is 11.6. The van der Waals surface area contributed by atoms with Crippen LogP contribution in [0.25, 0.3) is 0 Å². The second kappa shape index (κ2) is 6.15. The Morgan fingerprint density at radius 3 is 2.29 bits per heavy atom. The van der Waals surface area contributed by atoms with Crippen molar-refractivity contribution in [2.75, 3.05) is 49.7 Å². The molecule has 21 heavy (non-hydrogen) atoms. The fourth-order valence-electron chi connectivity index (χ4n) is 2.60. The first kappa shape index (κ1) is 16.0. The number of nitrogens with zero attached hydrogens (tertiary/aromatic N) is 4. The van der Waals surface area contributed by atoms with E-state index in [2.05, 4.69) is 34.0 Å². The van der Waals surface area contributed by atoms with Gasteiger partial charge < -0.3 is 10.2 Å². The van der Waals surface area contributed by atoms with Crippen molar-refractivity contribution in [2.24, 2.45) is 0 Å². The first-order chi connectivity index (χ1) is 9.84.